The molecule has 2 amide bonds. The van der Waals surface area contributed by atoms with Crippen LogP contribution >= 0.6 is 0 Å². The van der Waals surface area contributed by atoms with E-state index in [-0.39, 0.29) is 17.9 Å². The number of anilines is 1. The first-order valence-corrected chi connectivity index (χ1v) is 13.3. The van der Waals surface area contributed by atoms with Gasteiger partial charge < -0.3 is 25.4 Å². The molecule has 1 saturated carbocycles. The van der Waals surface area contributed by atoms with E-state index in [1.54, 1.807) is 30.5 Å². The van der Waals surface area contributed by atoms with Crippen molar-refractivity contribution in [1.82, 2.24) is 20.0 Å². The summed E-state index contributed by atoms with van der Waals surface area (Å²) >= 11 is 0. The normalized spacial score (nSPS) is 16.0. The highest BCUT2D eigenvalue weighted by atomic mass is 19.4. The van der Waals surface area contributed by atoms with Crippen molar-refractivity contribution in [2.24, 2.45) is 0 Å². The quantitative estimate of drug-likeness (QED) is 0.246. The molecule has 42 heavy (non-hydrogen) atoms. The number of ether oxygens (including phenoxy) is 1. The van der Waals surface area contributed by atoms with Crippen LogP contribution < -0.4 is 10.6 Å². The Morgan fingerprint density at radius 2 is 1.86 bits per heavy atom. The van der Waals surface area contributed by atoms with E-state index in [2.05, 4.69) is 15.7 Å². The van der Waals surface area contributed by atoms with Gasteiger partial charge >= 0.3 is 24.3 Å². The van der Waals surface area contributed by atoms with E-state index >= 15 is 0 Å². The van der Waals surface area contributed by atoms with E-state index in [9.17, 15) is 27.2 Å². The SMILES string of the molecule is CN(C)CCCOC(=O)n1ncc2c(NC(=O)NC3CCc4c3ccc(F)c4C3CC3)cccc21.O=C(O)C(F)(F)F. The van der Waals surface area contributed by atoms with Gasteiger partial charge in [-0.25, -0.2) is 18.8 Å². The van der Waals surface area contributed by atoms with E-state index in [0.717, 1.165) is 55.3 Å². The maximum absolute atomic E-state index is 14.4. The molecule has 10 nitrogen and oxygen atoms in total. The summed E-state index contributed by atoms with van der Waals surface area (Å²) in [5.41, 5.74) is 4.01. The molecule has 1 fully saturated rings. The smallest absolute Gasteiger partial charge is 0.475 e. The molecule has 2 aliphatic carbocycles. The summed E-state index contributed by atoms with van der Waals surface area (Å²) in [6.07, 6.45) is 0.213. The Hall–Kier alpha value is -4.20. The number of aliphatic carboxylic acids is 1. The molecule has 226 valence electrons. The van der Waals surface area contributed by atoms with Crippen molar-refractivity contribution in [2.45, 2.75) is 50.2 Å². The highest BCUT2D eigenvalue weighted by Crippen LogP contribution is 2.47. The Morgan fingerprint density at radius 1 is 1.14 bits per heavy atom. The molecule has 3 aromatic rings. The molecule has 1 heterocycles. The van der Waals surface area contributed by atoms with Gasteiger partial charge in [-0.1, -0.05) is 12.1 Å². The third-order valence-electron chi connectivity index (χ3n) is 6.94. The largest absolute Gasteiger partial charge is 0.490 e. The van der Waals surface area contributed by atoms with Gasteiger partial charge in [0.25, 0.3) is 0 Å². The lowest BCUT2D eigenvalue weighted by Crippen LogP contribution is -2.31. The summed E-state index contributed by atoms with van der Waals surface area (Å²) in [5, 5.41) is 17.9. The molecule has 1 aromatic heterocycles. The zero-order valence-corrected chi connectivity index (χ0v) is 23.0. The van der Waals surface area contributed by atoms with Gasteiger partial charge in [-0.2, -0.15) is 23.0 Å². The highest BCUT2D eigenvalue weighted by molar-refractivity contribution is 6.02. The second-order valence-corrected chi connectivity index (χ2v) is 10.4. The van der Waals surface area contributed by atoms with Crippen LogP contribution in [0, 0.1) is 5.82 Å². The summed E-state index contributed by atoms with van der Waals surface area (Å²) in [4.78, 5) is 36.3. The lowest BCUT2D eigenvalue weighted by molar-refractivity contribution is -0.192. The Labute approximate surface area is 238 Å². The summed E-state index contributed by atoms with van der Waals surface area (Å²) < 4.78 is 52.7. The highest BCUT2D eigenvalue weighted by Gasteiger charge is 2.38. The summed E-state index contributed by atoms with van der Waals surface area (Å²) in [6, 6.07) is 8.08. The van der Waals surface area contributed by atoms with Crippen LogP contribution in [0.2, 0.25) is 0 Å². The number of nitrogens with one attached hydrogen (secondary N) is 2. The fraction of sp³-hybridized carbons (Fsp3) is 0.429. The summed E-state index contributed by atoms with van der Waals surface area (Å²) in [6.45, 7) is 1.12. The van der Waals surface area contributed by atoms with Crippen LogP contribution in [-0.2, 0) is 16.0 Å². The van der Waals surface area contributed by atoms with E-state index in [0.29, 0.717) is 29.1 Å². The second kappa shape index (κ2) is 12.8. The number of carbonyl (C=O) groups is 3. The van der Waals surface area contributed by atoms with E-state index in [1.165, 1.54) is 10.7 Å². The minimum atomic E-state index is -5.08. The molecule has 5 rings (SSSR count). The standard InChI is InChI=1S/C26H30FN5O3.C2HF3O2/c1-31(2)13-4-14-35-26(34)32-23-6-3-5-21(19(23)15-28-32)29-25(33)30-22-12-10-18-17(22)9-11-20(27)24(18)16-7-8-16;3-2(4,5)1(6)7/h3,5-6,9,11,15-16,22H,4,7-8,10,12-14H2,1-2H3,(H2,29,30,33);(H,6,7). The van der Waals surface area contributed by atoms with Crippen LogP contribution in [0.25, 0.3) is 10.9 Å². The summed E-state index contributed by atoms with van der Waals surface area (Å²) in [7, 11) is 3.93. The van der Waals surface area contributed by atoms with Gasteiger partial charge in [-0.15, -0.1) is 0 Å². The monoisotopic (exact) mass is 593 g/mol. The number of carboxylic acid groups (broad SMARTS) is 1. The number of hydrogen-bond acceptors (Lipinski definition) is 6. The average Bonchev–Trinajstić information content (AvgIpc) is 3.52. The summed E-state index contributed by atoms with van der Waals surface area (Å²) in [5.74, 6) is -2.56. The number of carboxylic acids is 1. The Bertz CT molecular complexity index is 1470. The fourth-order valence-electron chi connectivity index (χ4n) is 4.89. The topological polar surface area (TPSA) is 126 Å². The predicted molar refractivity (Wildman–Crippen MR) is 145 cm³/mol. The van der Waals surface area contributed by atoms with Gasteiger partial charge in [0.05, 0.1) is 30.0 Å². The first-order chi connectivity index (χ1) is 19.9. The molecule has 3 N–H and O–H groups in total. The lowest BCUT2D eigenvalue weighted by atomic mass is 9.98. The lowest BCUT2D eigenvalue weighted by Gasteiger charge is -2.16. The van der Waals surface area contributed by atoms with Crippen molar-refractivity contribution in [3.05, 3.63) is 59.0 Å². The number of alkyl halides is 3. The van der Waals surface area contributed by atoms with Crippen molar-refractivity contribution >= 4 is 34.7 Å². The number of aromatic nitrogens is 2. The number of fused-ring (bicyclic) bond motifs is 2. The average molecular weight is 594 g/mol. The van der Waals surface area contributed by atoms with Crippen LogP contribution in [0.4, 0.5) is 32.8 Å². The van der Waals surface area contributed by atoms with Crippen LogP contribution in [0.5, 0.6) is 0 Å². The second-order valence-electron chi connectivity index (χ2n) is 10.4. The molecular weight excluding hydrogens is 562 g/mol. The van der Waals surface area contributed by atoms with Crippen molar-refractivity contribution in [1.29, 1.82) is 0 Å². The molecule has 2 aromatic carbocycles. The van der Waals surface area contributed by atoms with E-state index < -0.39 is 18.2 Å². The zero-order chi connectivity index (χ0) is 30.6. The van der Waals surface area contributed by atoms with Crippen molar-refractivity contribution in [2.75, 3.05) is 32.6 Å². The predicted octanol–water partition coefficient (Wildman–Crippen LogP) is 5.43. The van der Waals surface area contributed by atoms with Crippen LogP contribution in [0.3, 0.4) is 0 Å². The first-order valence-electron chi connectivity index (χ1n) is 13.3. The number of nitrogens with zero attached hydrogens (tertiary/aromatic N) is 3. The third kappa shape index (κ3) is 7.35. The van der Waals surface area contributed by atoms with Crippen molar-refractivity contribution < 1.29 is 41.8 Å². The molecule has 0 bridgehead atoms. The number of hydrogen-bond donors (Lipinski definition) is 3. The minimum Gasteiger partial charge on any atom is -0.475 e. The van der Waals surface area contributed by atoms with Crippen LogP contribution in [0.1, 0.15) is 54.3 Å². The number of amides is 2. The third-order valence-corrected chi connectivity index (χ3v) is 6.94. The number of benzene rings is 2. The van der Waals surface area contributed by atoms with Gasteiger partial charge in [0.2, 0.25) is 0 Å². The minimum absolute atomic E-state index is 0.128. The molecule has 14 heteroatoms. The van der Waals surface area contributed by atoms with Gasteiger partial charge in [0.1, 0.15) is 5.82 Å². The van der Waals surface area contributed by atoms with E-state index in [1.807, 2.05) is 19.0 Å². The zero-order valence-electron chi connectivity index (χ0n) is 23.0. The Kier molecular flexibility index (Phi) is 9.34. The number of halogens is 4. The van der Waals surface area contributed by atoms with Gasteiger partial charge in [-0.05, 0) is 87.0 Å². The molecule has 2 aliphatic rings. The number of urea groups is 1. The maximum atomic E-state index is 14.4. The van der Waals surface area contributed by atoms with Crippen LogP contribution in [-0.4, -0.2) is 71.3 Å². The van der Waals surface area contributed by atoms with Crippen molar-refractivity contribution in [3.8, 4) is 0 Å². The Morgan fingerprint density at radius 3 is 2.50 bits per heavy atom. The fourth-order valence-corrected chi connectivity index (χ4v) is 4.89. The van der Waals surface area contributed by atoms with Gasteiger partial charge in [0.15, 0.2) is 0 Å². The van der Waals surface area contributed by atoms with E-state index in [4.69, 9.17) is 14.6 Å². The van der Waals surface area contributed by atoms with Gasteiger partial charge in [0, 0.05) is 11.9 Å². The molecular formula is C28H31F4N5O5. The molecule has 1 unspecified atom stereocenters. The first kappa shape index (κ1) is 30.8. The van der Waals surface area contributed by atoms with Crippen molar-refractivity contribution in [3.63, 3.8) is 0 Å². The van der Waals surface area contributed by atoms with Crippen LogP contribution in [0.15, 0.2) is 36.5 Å². The Balaban J connectivity index is 0.000000517. The number of carbonyl (C=O) groups excluding carboxylic acids is 2. The molecule has 1 atom stereocenters. The maximum Gasteiger partial charge on any atom is 0.490 e. The molecule has 0 spiro atoms. The molecule has 0 radical (unpaired) electrons. The number of rotatable bonds is 7. The molecule has 0 saturated heterocycles. The molecule has 0 aliphatic heterocycles. The van der Waals surface area contributed by atoms with Gasteiger partial charge in [-0.3, -0.25) is 0 Å².